The SMILES string of the molecule is CCC1O[C@H](OCCCCCN(Cc2ccccc2)C(=O)OCc2ccccc2)C(N=[N+]=[N-])[C@@H](C)[C@@H]1O[C@@H]1OC(C(C)=O)[C@@H](O)[C@@H](OCc2ccccc2)C1C. The maximum Gasteiger partial charge on any atom is 0.410 e. The van der Waals surface area contributed by atoms with E-state index in [2.05, 4.69) is 10.0 Å². The van der Waals surface area contributed by atoms with Gasteiger partial charge < -0.3 is 38.4 Å². The van der Waals surface area contributed by atoms with E-state index in [1.807, 2.05) is 112 Å². The highest BCUT2D eigenvalue weighted by Crippen LogP contribution is 2.37. The number of aliphatic hydroxyl groups is 1. The van der Waals surface area contributed by atoms with E-state index >= 15 is 0 Å². The summed E-state index contributed by atoms with van der Waals surface area (Å²) >= 11 is 0. The number of ketones is 1. The van der Waals surface area contributed by atoms with Crippen molar-refractivity contribution < 1.29 is 43.1 Å². The average Bonchev–Trinajstić information content (AvgIpc) is 3.21. The summed E-state index contributed by atoms with van der Waals surface area (Å²) in [4.78, 5) is 30.6. The number of aliphatic hydroxyl groups excluding tert-OH is 1. The third kappa shape index (κ3) is 11.8. The summed E-state index contributed by atoms with van der Waals surface area (Å²) in [5.74, 6) is -1.13. The van der Waals surface area contributed by atoms with E-state index in [1.54, 1.807) is 4.90 Å². The summed E-state index contributed by atoms with van der Waals surface area (Å²) in [6, 6.07) is 28.3. The third-order valence-electron chi connectivity index (χ3n) is 10.5. The molecular formula is C43H56N4O9. The van der Waals surface area contributed by atoms with Crippen molar-refractivity contribution in [3.05, 3.63) is 118 Å². The fourth-order valence-corrected chi connectivity index (χ4v) is 7.29. The summed E-state index contributed by atoms with van der Waals surface area (Å²) < 4.78 is 37.2. The molecular weight excluding hydrogens is 716 g/mol. The fraction of sp³-hybridized carbons (Fsp3) is 0.535. The minimum Gasteiger partial charge on any atom is -0.445 e. The van der Waals surface area contributed by atoms with Gasteiger partial charge in [0.15, 0.2) is 18.4 Å². The molecule has 10 atom stereocenters. The fourth-order valence-electron chi connectivity index (χ4n) is 7.29. The Balaban J connectivity index is 1.15. The van der Waals surface area contributed by atoms with Crippen molar-refractivity contribution in [2.45, 2.75) is 122 Å². The number of amides is 1. The number of Topliss-reactive ketones (excluding diaryl/α,β-unsaturated/α-hetero) is 1. The predicted molar refractivity (Wildman–Crippen MR) is 209 cm³/mol. The Morgan fingerprint density at radius 1 is 0.804 bits per heavy atom. The molecule has 4 unspecified atom stereocenters. The van der Waals surface area contributed by atoms with Crippen LogP contribution in [0.2, 0.25) is 0 Å². The molecule has 2 fully saturated rings. The largest absolute Gasteiger partial charge is 0.445 e. The van der Waals surface area contributed by atoms with Crippen LogP contribution in [0.1, 0.15) is 70.1 Å². The van der Waals surface area contributed by atoms with Crippen LogP contribution in [-0.2, 0) is 53.0 Å². The lowest BCUT2D eigenvalue weighted by molar-refractivity contribution is -0.325. The molecule has 2 saturated heterocycles. The second-order valence-electron chi connectivity index (χ2n) is 14.6. The second-order valence-corrected chi connectivity index (χ2v) is 14.6. The zero-order valence-electron chi connectivity index (χ0n) is 32.8. The lowest BCUT2D eigenvalue weighted by atomic mass is 9.87. The van der Waals surface area contributed by atoms with Crippen LogP contribution >= 0.6 is 0 Å². The van der Waals surface area contributed by atoms with E-state index in [-0.39, 0.29) is 31.0 Å². The number of hydrogen-bond acceptors (Lipinski definition) is 10. The maximum absolute atomic E-state index is 13.1. The average molecular weight is 773 g/mol. The number of rotatable bonds is 19. The van der Waals surface area contributed by atoms with E-state index in [0.717, 1.165) is 29.5 Å². The van der Waals surface area contributed by atoms with Gasteiger partial charge in [-0.15, -0.1) is 0 Å². The van der Waals surface area contributed by atoms with Crippen LogP contribution in [-0.4, -0.2) is 84.2 Å². The van der Waals surface area contributed by atoms with Crippen molar-refractivity contribution in [3.63, 3.8) is 0 Å². The zero-order valence-corrected chi connectivity index (χ0v) is 32.8. The first-order chi connectivity index (χ1) is 27.2. The van der Waals surface area contributed by atoms with Gasteiger partial charge in [0.2, 0.25) is 0 Å². The van der Waals surface area contributed by atoms with Crippen molar-refractivity contribution in [1.82, 2.24) is 4.90 Å². The molecule has 5 rings (SSSR count). The van der Waals surface area contributed by atoms with E-state index in [1.165, 1.54) is 6.92 Å². The highest BCUT2D eigenvalue weighted by molar-refractivity contribution is 5.81. The molecule has 1 amide bonds. The topological polar surface area (TPSA) is 162 Å². The first-order valence-corrected chi connectivity index (χ1v) is 19.7. The molecule has 0 aliphatic carbocycles. The number of carbonyl (C=O) groups excluding carboxylic acids is 2. The molecule has 302 valence electrons. The van der Waals surface area contributed by atoms with Gasteiger partial charge in [0.25, 0.3) is 0 Å². The number of nitrogens with zero attached hydrogens (tertiary/aromatic N) is 4. The van der Waals surface area contributed by atoms with Crippen molar-refractivity contribution in [3.8, 4) is 0 Å². The normalized spacial score (nSPS) is 27.5. The van der Waals surface area contributed by atoms with Gasteiger partial charge in [0.1, 0.15) is 18.8 Å². The Labute approximate surface area is 329 Å². The van der Waals surface area contributed by atoms with Crippen LogP contribution in [0.25, 0.3) is 10.4 Å². The van der Waals surface area contributed by atoms with Crippen molar-refractivity contribution in [2.24, 2.45) is 17.0 Å². The highest BCUT2D eigenvalue weighted by Gasteiger charge is 2.50. The standard InChI is InChI=1S/C43H56N4O9/c1-5-35-38(55-41-30(3)39(37(49)40(56-41)31(4)48)52-27-33-20-12-7-13-21-33)29(2)36(45-46-44)42(54-35)51-25-17-9-16-24-47(26-32-18-10-6-11-19-32)43(50)53-28-34-22-14-8-15-23-34/h6-8,10-15,18-23,29-30,35-42,49H,5,9,16-17,24-28H2,1-4H3/t29-,30?,35?,36?,37+,38+,39+,40?,41-,42+/m1/s1. The van der Waals surface area contributed by atoms with Crippen molar-refractivity contribution in [2.75, 3.05) is 13.2 Å². The molecule has 0 bridgehead atoms. The first-order valence-electron chi connectivity index (χ1n) is 19.7. The van der Waals surface area contributed by atoms with Gasteiger partial charge in [0, 0.05) is 30.5 Å². The van der Waals surface area contributed by atoms with Gasteiger partial charge in [-0.3, -0.25) is 4.79 Å². The number of hydrogen-bond donors (Lipinski definition) is 1. The summed E-state index contributed by atoms with van der Waals surface area (Å²) in [5, 5.41) is 15.2. The molecule has 13 heteroatoms. The van der Waals surface area contributed by atoms with Gasteiger partial charge in [0.05, 0.1) is 31.0 Å². The minimum absolute atomic E-state index is 0.202. The highest BCUT2D eigenvalue weighted by atomic mass is 16.7. The molecule has 13 nitrogen and oxygen atoms in total. The molecule has 0 saturated carbocycles. The predicted octanol–water partition coefficient (Wildman–Crippen LogP) is 7.74. The molecule has 56 heavy (non-hydrogen) atoms. The summed E-state index contributed by atoms with van der Waals surface area (Å²) in [7, 11) is 0. The zero-order chi connectivity index (χ0) is 39.9. The Morgan fingerprint density at radius 3 is 2.04 bits per heavy atom. The number of ether oxygens (including phenoxy) is 6. The van der Waals surface area contributed by atoms with Gasteiger partial charge >= 0.3 is 6.09 Å². The lowest BCUT2D eigenvalue weighted by Crippen LogP contribution is -2.60. The van der Waals surface area contributed by atoms with Crippen LogP contribution in [0.3, 0.4) is 0 Å². The number of benzene rings is 3. The van der Waals surface area contributed by atoms with Crippen LogP contribution in [0.15, 0.2) is 96.1 Å². The van der Waals surface area contributed by atoms with Crippen molar-refractivity contribution >= 4 is 11.9 Å². The maximum atomic E-state index is 13.1. The Morgan fingerprint density at radius 2 is 1.43 bits per heavy atom. The molecule has 2 aliphatic rings. The van der Waals surface area contributed by atoms with Crippen LogP contribution in [0, 0.1) is 11.8 Å². The lowest BCUT2D eigenvalue weighted by Gasteiger charge is -2.48. The minimum atomic E-state index is -1.18. The molecule has 1 N–H and O–H groups in total. The molecule has 0 radical (unpaired) electrons. The van der Waals surface area contributed by atoms with E-state index < -0.39 is 55.1 Å². The Kier molecular flexibility index (Phi) is 16.7. The van der Waals surface area contributed by atoms with E-state index in [9.17, 15) is 20.2 Å². The Hall–Kier alpha value is -4.33. The second kappa shape index (κ2) is 21.8. The number of carbonyl (C=O) groups is 2. The quantitative estimate of drug-likeness (QED) is 0.0556. The molecule has 0 spiro atoms. The van der Waals surface area contributed by atoms with E-state index in [0.29, 0.717) is 32.5 Å². The first kappa shape index (κ1) is 42.8. The van der Waals surface area contributed by atoms with Crippen molar-refractivity contribution in [1.29, 1.82) is 0 Å². The summed E-state index contributed by atoms with van der Waals surface area (Å²) in [5.41, 5.74) is 12.4. The Bertz CT molecular complexity index is 1680. The molecule has 0 aromatic heterocycles. The molecule has 3 aromatic rings. The van der Waals surface area contributed by atoms with Crippen LogP contribution in [0.5, 0.6) is 0 Å². The van der Waals surface area contributed by atoms with Gasteiger partial charge in [-0.25, -0.2) is 4.79 Å². The monoisotopic (exact) mass is 772 g/mol. The summed E-state index contributed by atoms with van der Waals surface area (Å²) in [6.07, 6.45) is -3.35. The van der Waals surface area contributed by atoms with Gasteiger partial charge in [-0.2, -0.15) is 0 Å². The van der Waals surface area contributed by atoms with Crippen LogP contribution < -0.4 is 0 Å². The number of azide groups is 1. The van der Waals surface area contributed by atoms with E-state index in [4.69, 9.17) is 28.4 Å². The third-order valence-corrected chi connectivity index (χ3v) is 10.5. The smallest absolute Gasteiger partial charge is 0.410 e. The molecule has 2 heterocycles. The van der Waals surface area contributed by atoms with Gasteiger partial charge in [-0.05, 0) is 60.7 Å². The summed E-state index contributed by atoms with van der Waals surface area (Å²) in [6.45, 7) is 8.90. The number of unbranched alkanes of at least 4 members (excludes halogenated alkanes) is 2. The molecule has 2 aliphatic heterocycles. The van der Waals surface area contributed by atoms with Crippen LogP contribution in [0.4, 0.5) is 4.79 Å². The van der Waals surface area contributed by atoms with Gasteiger partial charge in [-0.1, -0.05) is 117 Å². The molecule has 3 aromatic carbocycles.